The molecule has 0 saturated heterocycles. The average molecular weight is 196 g/mol. The Balaban J connectivity index is 2.96. The molecule has 0 aliphatic heterocycles. The fourth-order valence-electron chi connectivity index (χ4n) is 1.05. The van der Waals surface area contributed by atoms with E-state index in [1.807, 2.05) is 6.07 Å². The normalized spacial score (nSPS) is 12.1. The van der Waals surface area contributed by atoms with Crippen LogP contribution >= 0.6 is 11.6 Å². The van der Waals surface area contributed by atoms with Gasteiger partial charge in [-0.1, -0.05) is 17.7 Å². The fraction of sp³-hybridized carbons (Fsp3) is 0.222. The first-order chi connectivity index (χ1) is 6.15. The van der Waals surface area contributed by atoms with E-state index in [0.717, 1.165) is 5.56 Å². The van der Waals surface area contributed by atoms with Crippen LogP contribution in [0.5, 0.6) is 0 Å². The van der Waals surface area contributed by atoms with E-state index in [-0.39, 0.29) is 12.5 Å². The summed E-state index contributed by atoms with van der Waals surface area (Å²) in [6.45, 7) is 0. The van der Waals surface area contributed by atoms with Gasteiger partial charge in [0.1, 0.15) is 0 Å². The van der Waals surface area contributed by atoms with Crippen molar-refractivity contribution in [2.75, 3.05) is 5.73 Å². The summed E-state index contributed by atoms with van der Waals surface area (Å²) in [5, 5.41) is 8.96. The van der Waals surface area contributed by atoms with Crippen LogP contribution in [0.1, 0.15) is 18.0 Å². The maximum atomic E-state index is 8.45. The number of benzene rings is 1. The molecular weight excluding hydrogens is 186 g/mol. The summed E-state index contributed by atoms with van der Waals surface area (Å²) in [6, 6.07) is 6.76. The molecule has 0 spiro atoms. The molecule has 0 aromatic heterocycles. The molecule has 0 bridgehead atoms. The number of nitrogens with two attached hydrogens (primary N) is 2. The van der Waals surface area contributed by atoms with Crippen molar-refractivity contribution < 1.29 is 0 Å². The second-order valence-corrected chi connectivity index (χ2v) is 3.16. The monoisotopic (exact) mass is 195 g/mol. The predicted octanol–water partition coefficient (Wildman–Crippen LogP) is 1.84. The van der Waals surface area contributed by atoms with Gasteiger partial charge in [0.15, 0.2) is 0 Å². The highest BCUT2D eigenvalue weighted by molar-refractivity contribution is 6.31. The van der Waals surface area contributed by atoms with E-state index < -0.39 is 0 Å². The summed E-state index contributed by atoms with van der Waals surface area (Å²) in [5.74, 6) is 0. The van der Waals surface area contributed by atoms with Gasteiger partial charge in [0, 0.05) is 16.8 Å². The van der Waals surface area contributed by atoms with Crippen molar-refractivity contribution in [3.8, 4) is 6.07 Å². The van der Waals surface area contributed by atoms with Crippen LogP contribution in [-0.4, -0.2) is 0 Å². The number of nitriles is 1. The minimum Gasteiger partial charge on any atom is -0.399 e. The van der Waals surface area contributed by atoms with E-state index in [9.17, 15) is 0 Å². The van der Waals surface area contributed by atoms with Gasteiger partial charge in [-0.05, 0) is 17.7 Å². The first-order valence-electron chi connectivity index (χ1n) is 3.82. The van der Waals surface area contributed by atoms with Gasteiger partial charge in [-0.25, -0.2) is 0 Å². The summed E-state index contributed by atoms with van der Waals surface area (Å²) < 4.78 is 0. The zero-order valence-corrected chi connectivity index (χ0v) is 7.75. The number of nitrogen functional groups attached to an aromatic ring is 1. The van der Waals surface area contributed by atoms with Crippen molar-refractivity contribution in [3.05, 3.63) is 28.8 Å². The first kappa shape index (κ1) is 9.85. The van der Waals surface area contributed by atoms with Crippen LogP contribution in [0.25, 0.3) is 0 Å². The Labute approximate surface area is 81.9 Å². The molecule has 1 unspecified atom stereocenters. The molecule has 0 fully saturated rings. The Morgan fingerprint density at radius 1 is 1.54 bits per heavy atom. The lowest BCUT2D eigenvalue weighted by atomic mass is 10.1. The van der Waals surface area contributed by atoms with E-state index in [1.54, 1.807) is 18.2 Å². The molecule has 4 heteroatoms. The van der Waals surface area contributed by atoms with Crippen LogP contribution in [0.15, 0.2) is 18.2 Å². The summed E-state index contributed by atoms with van der Waals surface area (Å²) in [7, 11) is 0. The van der Waals surface area contributed by atoms with E-state index in [2.05, 4.69) is 0 Å². The smallest absolute Gasteiger partial charge is 0.0641 e. The Hall–Kier alpha value is -1.24. The fourth-order valence-corrected chi connectivity index (χ4v) is 1.38. The number of hydrogen-bond donors (Lipinski definition) is 2. The Bertz CT molecular complexity index is 343. The molecule has 0 amide bonds. The number of anilines is 1. The Kier molecular flexibility index (Phi) is 3.13. The van der Waals surface area contributed by atoms with Crippen molar-refractivity contribution >= 4 is 17.3 Å². The van der Waals surface area contributed by atoms with Gasteiger partial charge in [-0.3, -0.25) is 0 Å². The highest BCUT2D eigenvalue weighted by Crippen LogP contribution is 2.25. The number of rotatable bonds is 2. The molecule has 0 aliphatic carbocycles. The molecule has 0 aliphatic rings. The van der Waals surface area contributed by atoms with Crippen molar-refractivity contribution in [1.82, 2.24) is 0 Å². The lowest BCUT2D eigenvalue weighted by Crippen LogP contribution is -2.09. The van der Waals surface area contributed by atoms with Crippen molar-refractivity contribution in [2.24, 2.45) is 5.73 Å². The summed E-state index contributed by atoms with van der Waals surface area (Å²) in [4.78, 5) is 0. The SMILES string of the molecule is N#CCC(N)c1ccc(N)cc1Cl. The van der Waals surface area contributed by atoms with Crippen molar-refractivity contribution in [3.63, 3.8) is 0 Å². The quantitative estimate of drug-likeness (QED) is 0.707. The van der Waals surface area contributed by atoms with Gasteiger partial charge < -0.3 is 11.5 Å². The molecule has 1 rings (SSSR count). The highest BCUT2D eigenvalue weighted by Gasteiger charge is 2.09. The molecule has 0 heterocycles. The zero-order chi connectivity index (χ0) is 9.84. The van der Waals surface area contributed by atoms with E-state index in [0.29, 0.717) is 10.7 Å². The number of halogens is 1. The van der Waals surface area contributed by atoms with Crippen molar-refractivity contribution in [1.29, 1.82) is 5.26 Å². The molecule has 1 atom stereocenters. The second-order valence-electron chi connectivity index (χ2n) is 2.75. The summed E-state index contributed by atoms with van der Waals surface area (Å²) >= 11 is 5.89. The minimum absolute atomic E-state index is 0.254. The van der Waals surface area contributed by atoms with Crippen LogP contribution in [0.4, 0.5) is 5.69 Å². The maximum absolute atomic E-state index is 8.45. The third kappa shape index (κ3) is 2.35. The molecule has 0 radical (unpaired) electrons. The van der Waals surface area contributed by atoms with Crippen LogP contribution in [0, 0.1) is 11.3 Å². The molecule has 13 heavy (non-hydrogen) atoms. The Morgan fingerprint density at radius 3 is 2.77 bits per heavy atom. The van der Waals surface area contributed by atoms with Gasteiger partial charge in [0.05, 0.1) is 12.5 Å². The van der Waals surface area contributed by atoms with E-state index >= 15 is 0 Å². The molecule has 4 N–H and O–H groups in total. The summed E-state index contributed by atoms with van der Waals surface area (Å²) in [6.07, 6.45) is 0.254. The lowest BCUT2D eigenvalue weighted by molar-refractivity contribution is 0.749. The van der Waals surface area contributed by atoms with Gasteiger partial charge in [-0.15, -0.1) is 0 Å². The van der Waals surface area contributed by atoms with Gasteiger partial charge >= 0.3 is 0 Å². The van der Waals surface area contributed by atoms with Crippen molar-refractivity contribution in [2.45, 2.75) is 12.5 Å². The van der Waals surface area contributed by atoms with Crippen LogP contribution < -0.4 is 11.5 Å². The molecule has 0 saturated carbocycles. The molecular formula is C9H10ClN3. The molecule has 3 nitrogen and oxygen atoms in total. The van der Waals surface area contributed by atoms with Crippen LogP contribution in [0.2, 0.25) is 5.02 Å². The maximum Gasteiger partial charge on any atom is 0.0641 e. The lowest BCUT2D eigenvalue weighted by Gasteiger charge is -2.10. The standard InChI is InChI=1S/C9H10ClN3/c10-8-5-6(12)1-2-7(8)9(13)3-4-11/h1-2,5,9H,3,12-13H2. The second kappa shape index (κ2) is 4.13. The van der Waals surface area contributed by atoms with Gasteiger partial charge in [-0.2, -0.15) is 5.26 Å². The third-order valence-electron chi connectivity index (χ3n) is 1.74. The number of hydrogen-bond acceptors (Lipinski definition) is 3. The van der Waals surface area contributed by atoms with E-state index in [1.165, 1.54) is 0 Å². The van der Waals surface area contributed by atoms with Crippen LogP contribution in [-0.2, 0) is 0 Å². The Morgan fingerprint density at radius 2 is 2.23 bits per heavy atom. The topological polar surface area (TPSA) is 75.8 Å². The average Bonchev–Trinajstić information content (AvgIpc) is 2.04. The largest absolute Gasteiger partial charge is 0.399 e. The zero-order valence-electron chi connectivity index (χ0n) is 7.00. The molecule has 1 aromatic carbocycles. The molecule has 68 valence electrons. The van der Waals surface area contributed by atoms with Gasteiger partial charge in [0.2, 0.25) is 0 Å². The first-order valence-corrected chi connectivity index (χ1v) is 4.20. The minimum atomic E-state index is -0.335. The van der Waals surface area contributed by atoms with E-state index in [4.69, 9.17) is 28.3 Å². The predicted molar refractivity (Wildman–Crippen MR) is 53.0 cm³/mol. The van der Waals surface area contributed by atoms with Gasteiger partial charge in [0.25, 0.3) is 0 Å². The number of nitrogens with zero attached hydrogens (tertiary/aromatic N) is 1. The highest BCUT2D eigenvalue weighted by atomic mass is 35.5. The molecule has 1 aromatic rings. The summed E-state index contributed by atoms with van der Waals surface area (Å²) in [5.41, 5.74) is 12.6. The third-order valence-corrected chi connectivity index (χ3v) is 2.06. The van der Waals surface area contributed by atoms with Crippen LogP contribution in [0.3, 0.4) is 0 Å².